The van der Waals surface area contributed by atoms with Crippen molar-refractivity contribution >= 4 is 6.47 Å². The Kier molecular flexibility index (Phi) is 5.69. The van der Waals surface area contributed by atoms with Crippen molar-refractivity contribution in [2.24, 2.45) is 5.92 Å². The Bertz CT molecular complexity index is 357. The quantitative estimate of drug-likeness (QED) is 0.546. The zero-order valence-corrected chi connectivity index (χ0v) is 11.6. The fraction of sp³-hybridized carbons (Fsp3) is 0.533. The molecule has 0 N–H and O–H groups in total. The maximum atomic E-state index is 10.2. The van der Waals surface area contributed by atoms with Crippen molar-refractivity contribution in [1.29, 1.82) is 0 Å². The van der Waals surface area contributed by atoms with E-state index in [1.165, 1.54) is 5.56 Å². The van der Waals surface area contributed by atoms with Gasteiger partial charge in [-0.3, -0.25) is 4.79 Å². The highest BCUT2D eigenvalue weighted by molar-refractivity contribution is 5.37. The average molecular weight is 250 g/mol. The molecular weight excluding hydrogens is 228 g/mol. The molecule has 1 rings (SSSR count). The molecule has 0 radical (unpaired) electrons. The van der Waals surface area contributed by atoms with Gasteiger partial charge >= 0.3 is 0 Å². The lowest BCUT2D eigenvalue weighted by atomic mass is 9.86. The van der Waals surface area contributed by atoms with Crippen LogP contribution in [0.5, 0.6) is 5.75 Å². The maximum Gasteiger partial charge on any atom is 0.296 e. The van der Waals surface area contributed by atoms with Gasteiger partial charge in [0.1, 0.15) is 5.75 Å². The van der Waals surface area contributed by atoms with Crippen LogP contribution < -0.4 is 4.74 Å². The standard InChI is InChI=1S/C15H22O3/c1-5-15(11(2)3)13-6-8-14(9-7-13)18-12(4)17-10-16/h6-12,15H,5H2,1-4H3. The van der Waals surface area contributed by atoms with Crippen molar-refractivity contribution in [3.63, 3.8) is 0 Å². The molecule has 0 saturated carbocycles. The first-order valence-electron chi connectivity index (χ1n) is 6.44. The summed E-state index contributed by atoms with van der Waals surface area (Å²) in [4.78, 5) is 10.2. The molecule has 0 amide bonds. The van der Waals surface area contributed by atoms with E-state index >= 15 is 0 Å². The van der Waals surface area contributed by atoms with Gasteiger partial charge in [0.2, 0.25) is 6.29 Å². The molecule has 3 heteroatoms. The van der Waals surface area contributed by atoms with Crippen molar-refractivity contribution < 1.29 is 14.3 Å². The van der Waals surface area contributed by atoms with E-state index in [9.17, 15) is 4.79 Å². The molecule has 1 aromatic rings. The molecule has 3 nitrogen and oxygen atoms in total. The summed E-state index contributed by atoms with van der Waals surface area (Å²) >= 11 is 0. The minimum Gasteiger partial charge on any atom is -0.455 e. The van der Waals surface area contributed by atoms with E-state index in [2.05, 4.69) is 37.6 Å². The number of carbonyl (C=O) groups excluding carboxylic acids is 1. The van der Waals surface area contributed by atoms with Gasteiger partial charge in [-0.25, -0.2) is 0 Å². The monoisotopic (exact) mass is 250 g/mol. The second kappa shape index (κ2) is 7.04. The van der Waals surface area contributed by atoms with Gasteiger partial charge in [-0.2, -0.15) is 0 Å². The normalized spacial score (nSPS) is 14.1. The summed E-state index contributed by atoms with van der Waals surface area (Å²) in [6, 6.07) is 8.00. The lowest BCUT2D eigenvalue weighted by Crippen LogP contribution is -2.15. The first-order chi connectivity index (χ1) is 8.58. The van der Waals surface area contributed by atoms with Crippen molar-refractivity contribution in [3.8, 4) is 5.75 Å². The Labute approximate surface area is 109 Å². The summed E-state index contributed by atoms with van der Waals surface area (Å²) < 4.78 is 10.1. The number of ether oxygens (including phenoxy) is 2. The topological polar surface area (TPSA) is 35.5 Å². The summed E-state index contributed by atoms with van der Waals surface area (Å²) in [6.07, 6.45) is 0.572. The van der Waals surface area contributed by atoms with Crippen LogP contribution in [0.4, 0.5) is 0 Å². The van der Waals surface area contributed by atoms with E-state index in [1.54, 1.807) is 6.92 Å². The van der Waals surface area contributed by atoms with E-state index in [-0.39, 0.29) is 0 Å². The van der Waals surface area contributed by atoms with E-state index < -0.39 is 6.29 Å². The molecule has 18 heavy (non-hydrogen) atoms. The smallest absolute Gasteiger partial charge is 0.296 e. The van der Waals surface area contributed by atoms with Crippen LogP contribution in [0.1, 0.15) is 45.6 Å². The number of carbonyl (C=O) groups is 1. The highest BCUT2D eigenvalue weighted by atomic mass is 16.7. The van der Waals surface area contributed by atoms with E-state index in [1.807, 2.05) is 12.1 Å². The number of benzene rings is 1. The van der Waals surface area contributed by atoms with Gasteiger partial charge < -0.3 is 9.47 Å². The summed E-state index contributed by atoms with van der Waals surface area (Å²) in [6.45, 7) is 8.75. The van der Waals surface area contributed by atoms with E-state index in [0.29, 0.717) is 24.1 Å². The maximum absolute atomic E-state index is 10.2. The molecular formula is C15H22O3. The van der Waals surface area contributed by atoms with Crippen LogP contribution in [0.2, 0.25) is 0 Å². The summed E-state index contributed by atoms with van der Waals surface area (Å²) in [5.74, 6) is 1.91. The molecule has 2 atom stereocenters. The zero-order chi connectivity index (χ0) is 13.5. The Morgan fingerprint density at radius 2 is 1.78 bits per heavy atom. The highest BCUT2D eigenvalue weighted by Gasteiger charge is 2.13. The van der Waals surface area contributed by atoms with Gasteiger partial charge in [-0.05, 0) is 36.0 Å². The Morgan fingerprint density at radius 1 is 1.17 bits per heavy atom. The molecule has 0 saturated heterocycles. The molecule has 0 aliphatic heterocycles. The van der Waals surface area contributed by atoms with Crippen molar-refractivity contribution in [3.05, 3.63) is 29.8 Å². The molecule has 0 bridgehead atoms. The molecule has 0 fully saturated rings. The van der Waals surface area contributed by atoms with Gasteiger partial charge in [-0.1, -0.05) is 32.9 Å². The predicted molar refractivity (Wildman–Crippen MR) is 71.6 cm³/mol. The fourth-order valence-corrected chi connectivity index (χ4v) is 2.18. The van der Waals surface area contributed by atoms with Gasteiger partial charge in [0.15, 0.2) is 0 Å². The van der Waals surface area contributed by atoms with Crippen LogP contribution in [0.25, 0.3) is 0 Å². The number of hydrogen-bond acceptors (Lipinski definition) is 3. The lowest BCUT2D eigenvalue weighted by Gasteiger charge is -2.20. The second-order valence-electron chi connectivity index (χ2n) is 4.75. The summed E-state index contributed by atoms with van der Waals surface area (Å²) in [5, 5.41) is 0. The third-order valence-corrected chi connectivity index (χ3v) is 3.10. The molecule has 0 spiro atoms. The minimum absolute atomic E-state index is 0.394. The summed E-state index contributed by atoms with van der Waals surface area (Å²) in [5.41, 5.74) is 1.32. The third-order valence-electron chi connectivity index (χ3n) is 3.10. The molecule has 2 unspecified atom stereocenters. The molecule has 1 aromatic carbocycles. The van der Waals surface area contributed by atoms with Gasteiger partial charge in [0.05, 0.1) is 0 Å². The van der Waals surface area contributed by atoms with E-state index in [0.717, 1.165) is 6.42 Å². The minimum atomic E-state index is -0.555. The average Bonchev–Trinajstić information content (AvgIpc) is 2.32. The molecule has 0 aromatic heterocycles. The second-order valence-corrected chi connectivity index (χ2v) is 4.75. The largest absolute Gasteiger partial charge is 0.455 e. The zero-order valence-electron chi connectivity index (χ0n) is 11.6. The molecule has 0 heterocycles. The van der Waals surface area contributed by atoms with Crippen molar-refractivity contribution in [1.82, 2.24) is 0 Å². The van der Waals surface area contributed by atoms with Gasteiger partial charge in [0.25, 0.3) is 6.47 Å². The number of rotatable bonds is 7. The van der Waals surface area contributed by atoms with Crippen molar-refractivity contribution in [2.75, 3.05) is 0 Å². The molecule has 0 aliphatic rings. The first-order valence-corrected chi connectivity index (χ1v) is 6.44. The van der Waals surface area contributed by atoms with Crippen LogP contribution >= 0.6 is 0 Å². The fourth-order valence-electron chi connectivity index (χ4n) is 2.18. The molecule has 100 valence electrons. The predicted octanol–water partition coefficient (Wildman–Crippen LogP) is 3.73. The van der Waals surface area contributed by atoms with Crippen molar-refractivity contribution in [2.45, 2.75) is 46.3 Å². The Hall–Kier alpha value is -1.51. The van der Waals surface area contributed by atoms with Crippen LogP contribution in [-0.4, -0.2) is 12.8 Å². The van der Waals surface area contributed by atoms with Gasteiger partial charge in [0, 0.05) is 6.92 Å². The number of hydrogen-bond donors (Lipinski definition) is 0. The van der Waals surface area contributed by atoms with Gasteiger partial charge in [-0.15, -0.1) is 0 Å². The third kappa shape index (κ3) is 4.06. The lowest BCUT2D eigenvalue weighted by molar-refractivity contribution is -0.145. The van der Waals surface area contributed by atoms with E-state index in [4.69, 9.17) is 4.74 Å². The SMILES string of the molecule is CCC(c1ccc(OC(C)OC=O)cc1)C(C)C. The Balaban J connectivity index is 2.70. The highest BCUT2D eigenvalue weighted by Crippen LogP contribution is 2.28. The first kappa shape index (κ1) is 14.6. The van der Waals surface area contributed by atoms with Crippen LogP contribution in [0.3, 0.4) is 0 Å². The van der Waals surface area contributed by atoms with Crippen LogP contribution in [0, 0.1) is 5.92 Å². The molecule has 0 aliphatic carbocycles. The van der Waals surface area contributed by atoms with Crippen LogP contribution in [0.15, 0.2) is 24.3 Å². The summed E-state index contributed by atoms with van der Waals surface area (Å²) in [7, 11) is 0. The Morgan fingerprint density at radius 3 is 2.22 bits per heavy atom. The van der Waals surface area contributed by atoms with Crippen LogP contribution in [-0.2, 0) is 9.53 Å².